The molecule has 5 nitrogen and oxygen atoms in total. The maximum atomic E-state index is 13.5. The van der Waals surface area contributed by atoms with Crippen molar-refractivity contribution in [2.24, 2.45) is 0 Å². The van der Waals surface area contributed by atoms with E-state index in [0.717, 1.165) is 42.9 Å². The summed E-state index contributed by atoms with van der Waals surface area (Å²) in [5.41, 5.74) is 2.29. The van der Waals surface area contributed by atoms with Crippen molar-refractivity contribution in [3.05, 3.63) is 57.8 Å². The molecule has 1 amide bonds. The Morgan fingerprint density at radius 1 is 1.17 bits per heavy atom. The third-order valence-corrected chi connectivity index (χ3v) is 6.86. The Kier molecular flexibility index (Phi) is 4.84. The molecular weight excluding hydrogens is 428 g/mol. The lowest BCUT2D eigenvalue weighted by molar-refractivity contribution is -0.145. The number of carbonyl (C=O) groups excluding carboxylic acids is 1. The monoisotopic (exact) mass is 449 g/mol. The van der Waals surface area contributed by atoms with E-state index in [1.54, 1.807) is 6.07 Å². The molecule has 8 heteroatoms. The highest BCUT2D eigenvalue weighted by Crippen LogP contribution is 2.61. The summed E-state index contributed by atoms with van der Waals surface area (Å²) in [4.78, 5) is 12.3. The standard InChI is InChI=1S/C22H22Cl2FN3O2/c23-13-1-3-15-18(5-6-26-19(15)7-13)27-21-10-22(11-21,12-21)28-20(29)9-30-14-2-4-16(24)17(25)8-14/h1-4,7-8,18,26-27H,5-6,9-12H2,(H,28,29). The number of carbonyl (C=O) groups is 1. The molecule has 2 aromatic rings. The number of hydrogen-bond acceptors (Lipinski definition) is 4. The van der Waals surface area contributed by atoms with Crippen LogP contribution in [0.15, 0.2) is 36.4 Å². The number of nitrogens with one attached hydrogen (secondary N) is 3. The fourth-order valence-corrected chi connectivity index (χ4v) is 5.42. The van der Waals surface area contributed by atoms with Gasteiger partial charge in [0.2, 0.25) is 0 Å². The van der Waals surface area contributed by atoms with Gasteiger partial charge in [-0.25, -0.2) is 4.39 Å². The SMILES string of the molecule is O=C(COc1ccc(Cl)c(F)c1)NC12CC(NC3CCNc4cc(Cl)ccc43)(C1)C2. The summed E-state index contributed by atoms with van der Waals surface area (Å²) in [7, 11) is 0. The minimum Gasteiger partial charge on any atom is -0.484 e. The van der Waals surface area contributed by atoms with Crippen LogP contribution in [-0.2, 0) is 4.79 Å². The molecule has 0 aromatic heterocycles. The van der Waals surface area contributed by atoms with Crippen LogP contribution in [0.25, 0.3) is 0 Å². The van der Waals surface area contributed by atoms with Gasteiger partial charge in [0.25, 0.3) is 5.91 Å². The molecule has 1 aliphatic heterocycles. The predicted molar refractivity (Wildman–Crippen MR) is 115 cm³/mol. The van der Waals surface area contributed by atoms with Crippen molar-refractivity contribution in [3.63, 3.8) is 0 Å². The zero-order valence-electron chi connectivity index (χ0n) is 16.2. The number of halogens is 3. The van der Waals surface area contributed by atoms with Gasteiger partial charge in [-0.05, 0) is 55.5 Å². The molecule has 3 saturated carbocycles. The Labute approximate surface area is 184 Å². The highest BCUT2D eigenvalue weighted by Gasteiger charge is 2.68. The smallest absolute Gasteiger partial charge is 0.258 e. The molecule has 1 heterocycles. The summed E-state index contributed by atoms with van der Waals surface area (Å²) in [5, 5.41) is 11.1. The molecule has 0 saturated heterocycles. The van der Waals surface area contributed by atoms with E-state index in [0.29, 0.717) is 0 Å². The minimum atomic E-state index is -0.566. The predicted octanol–water partition coefficient (Wildman–Crippen LogP) is 4.45. The van der Waals surface area contributed by atoms with Crippen LogP contribution in [0.4, 0.5) is 10.1 Å². The van der Waals surface area contributed by atoms with Crippen molar-refractivity contribution in [1.82, 2.24) is 10.6 Å². The van der Waals surface area contributed by atoms with Crippen molar-refractivity contribution >= 4 is 34.8 Å². The van der Waals surface area contributed by atoms with Crippen LogP contribution in [-0.4, -0.2) is 30.1 Å². The summed E-state index contributed by atoms with van der Waals surface area (Å²) in [6, 6.07) is 10.4. The third kappa shape index (κ3) is 3.61. The van der Waals surface area contributed by atoms with Crippen LogP contribution in [0.5, 0.6) is 5.75 Å². The fraction of sp³-hybridized carbons (Fsp3) is 0.409. The van der Waals surface area contributed by atoms with Gasteiger partial charge in [-0.2, -0.15) is 0 Å². The van der Waals surface area contributed by atoms with Gasteiger partial charge < -0.3 is 20.7 Å². The molecular formula is C22H22Cl2FN3O2. The first-order valence-electron chi connectivity index (χ1n) is 10.1. The van der Waals surface area contributed by atoms with Gasteiger partial charge in [-0.15, -0.1) is 0 Å². The second-order valence-corrected chi connectivity index (χ2v) is 9.49. The number of benzene rings is 2. The zero-order chi connectivity index (χ0) is 20.9. The molecule has 4 aliphatic rings. The molecule has 3 fully saturated rings. The average Bonchev–Trinajstić information content (AvgIpc) is 2.66. The van der Waals surface area contributed by atoms with Gasteiger partial charge in [0.15, 0.2) is 6.61 Å². The summed E-state index contributed by atoms with van der Waals surface area (Å²) in [5.74, 6) is -0.475. The highest BCUT2D eigenvalue weighted by atomic mass is 35.5. The van der Waals surface area contributed by atoms with Crippen LogP contribution in [0, 0.1) is 5.82 Å². The van der Waals surface area contributed by atoms with Crippen LogP contribution in [0.1, 0.15) is 37.3 Å². The number of amides is 1. The van der Waals surface area contributed by atoms with Gasteiger partial charge in [-0.1, -0.05) is 29.3 Å². The quantitative estimate of drug-likeness (QED) is 0.609. The molecule has 2 bridgehead atoms. The summed E-state index contributed by atoms with van der Waals surface area (Å²) >= 11 is 11.8. The summed E-state index contributed by atoms with van der Waals surface area (Å²) < 4.78 is 18.8. The fourth-order valence-electron chi connectivity index (χ4n) is 5.13. The highest BCUT2D eigenvalue weighted by molar-refractivity contribution is 6.31. The number of rotatable bonds is 6. The van der Waals surface area contributed by atoms with Crippen LogP contribution in [0.2, 0.25) is 10.0 Å². The van der Waals surface area contributed by atoms with Crippen LogP contribution >= 0.6 is 23.2 Å². The summed E-state index contributed by atoms with van der Waals surface area (Å²) in [6.45, 7) is 0.761. The van der Waals surface area contributed by atoms with Crippen molar-refractivity contribution in [2.45, 2.75) is 42.8 Å². The minimum absolute atomic E-state index is 0.0259. The number of fused-ring (bicyclic) bond motifs is 1. The lowest BCUT2D eigenvalue weighted by atomic mass is 9.44. The molecule has 6 rings (SSSR count). The van der Waals surface area contributed by atoms with Crippen molar-refractivity contribution in [1.29, 1.82) is 0 Å². The molecule has 30 heavy (non-hydrogen) atoms. The second kappa shape index (κ2) is 7.29. The largest absolute Gasteiger partial charge is 0.484 e. The Hall–Kier alpha value is -2.02. The van der Waals surface area contributed by atoms with Gasteiger partial charge >= 0.3 is 0 Å². The zero-order valence-corrected chi connectivity index (χ0v) is 17.7. The maximum absolute atomic E-state index is 13.5. The van der Waals surface area contributed by atoms with Gasteiger partial charge in [0.05, 0.1) is 5.02 Å². The van der Waals surface area contributed by atoms with E-state index < -0.39 is 5.82 Å². The van der Waals surface area contributed by atoms with E-state index in [-0.39, 0.29) is 40.4 Å². The van der Waals surface area contributed by atoms with E-state index in [4.69, 9.17) is 27.9 Å². The number of anilines is 1. The van der Waals surface area contributed by atoms with E-state index in [1.807, 2.05) is 12.1 Å². The van der Waals surface area contributed by atoms with Gasteiger partial charge in [0.1, 0.15) is 11.6 Å². The van der Waals surface area contributed by atoms with Crippen LogP contribution in [0.3, 0.4) is 0 Å². The van der Waals surface area contributed by atoms with Gasteiger partial charge in [-0.3, -0.25) is 4.79 Å². The molecule has 3 aliphatic carbocycles. The lowest BCUT2D eigenvalue weighted by Crippen LogP contribution is -2.83. The Morgan fingerprint density at radius 2 is 1.97 bits per heavy atom. The first kappa shape index (κ1) is 19.9. The second-order valence-electron chi connectivity index (χ2n) is 8.65. The first-order chi connectivity index (χ1) is 14.4. The normalized spacial score (nSPS) is 28.4. The van der Waals surface area contributed by atoms with Crippen molar-refractivity contribution in [3.8, 4) is 5.75 Å². The molecule has 1 unspecified atom stereocenters. The molecule has 1 atom stereocenters. The number of hydrogen-bond donors (Lipinski definition) is 3. The average molecular weight is 450 g/mol. The van der Waals surface area contributed by atoms with Crippen LogP contribution < -0.4 is 20.7 Å². The van der Waals surface area contributed by atoms with E-state index in [1.165, 1.54) is 17.7 Å². The van der Waals surface area contributed by atoms with E-state index in [9.17, 15) is 9.18 Å². The van der Waals surface area contributed by atoms with Crippen molar-refractivity contribution in [2.75, 3.05) is 18.5 Å². The van der Waals surface area contributed by atoms with E-state index >= 15 is 0 Å². The molecule has 3 N–H and O–H groups in total. The topological polar surface area (TPSA) is 62.4 Å². The van der Waals surface area contributed by atoms with Crippen molar-refractivity contribution < 1.29 is 13.9 Å². The summed E-state index contributed by atoms with van der Waals surface area (Å²) in [6.07, 6.45) is 3.75. The molecule has 0 spiro atoms. The molecule has 2 aromatic carbocycles. The lowest BCUT2D eigenvalue weighted by Gasteiger charge is -2.71. The first-order valence-corrected chi connectivity index (χ1v) is 10.8. The molecule has 0 radical (unpaired) electrons. The Morgan fingerprint density at radius 3 is 2.73 bits per heavy atom. The Bertz CT molecular complexity index is 996. The maximum Gasteiger partial charge on any atom is 0.258 e. The Balaban J connectivity index is 1.12. The number of ether oxygens (including phenoxy) is 1. The van der Waals surface area contributed by atoms with E-state index in [2.05, 4.69) is 22.0 Å². The third-order valence-electron chi connectivity index (χ3n) is 6.32. The van der Waals surface area contributed by atoms with Gasteiger partial charge in [0, 0.05) is 40.4 Å². The molecule has 158 valence electrons.